The van der Waals surface area contributed by atoms with Crippen LogP contribution in [0.1, 0.15) is 19.4 Å². The summed E-state index contributed by atoms with van der Waals surface area (Å²) in [6.07, 6.45) is 0.986. The molecule has 0 aliphatic carbocycles. The molecule has 2 nitrogen and oxygen atoms in total. The van der Waals surface area contributed by atoms with Gasteiger partial charge in [-0.2, -0.15) is 0 Å². The Morgan fingerprint density at radius 1 is 0.875 bits per heavy atom. The van der Waals surface area contributed by atoms with Gasteiger partial charge in [-0.1, -0.05) is 68.4 Å². The summed E-state index contributed by atoms with van der Waals surface area (Å²) in [6, 6.07) is 23.3. The monoisotopic (exact) mass is 319 g/mol. The van der Waals surface area contributed by atoms with Gasteiger partial charge in [0.15, 0.2) is 0 Å². The highest BCUT2D eigenvalue weighted by Gasteiger charge is 2.05. The minimum atomic E-state index is 0.522. The summed E-state index contributed by atoms with van der Waals surface area (Å²) in [5, 5.41) is 6.17. The lowest BCUT2D eigenvalue weighted by Crippen LogP contribution is -2.09. The maximum absolute atomic E-state index is 5.91. The fraction of sp³-hybridized carbons (Fsp3) is 0.273. The van der Waals surface area contributed by atoms with Crippen molar-refractivity contribution in [2.45, 2.75) is 20.3 Å². The van der Waals surface area contributed by atoms with Crippen molar-refractivity contribution in [1.29, 1.82) is 0 Å². The van der Waals surface area contributed by atoms with Gasteiger partial charge in [-0.3, -0.25) is 0 Å². The second kappa shape index (κ2) is 7.87. The van der Waals surface area contributed by atoms with Crippen molar-refractivity contribution in [2.75, 3.05) is 18.5 Å². The van der Waals surface area contributed by atoms with Crippen molar-refractivity contribution in [1.82, 2.24) is 0 Å². The lowest BCUT2D eigenvalue weighted by molar-refractivity contribution is 0.272. The molecule has 0 fully saturated rings. The Bertz CT molecular complexity index is 789. The molecule has 3 rings (SSSR count). The molecule has 0 saturated heterocycles. The number of nitrogens with one attached hydrogen (secondary N) is 1. The summed E-state index contributed by atoms with van der Waals surface area (Å²) in [5.41, 5.74) is 2.44. The van der Waals surface area contributed by atoms with Gasteiger partial charge >= 0.3 is 0 Å². The smallest absolute Gasteiger partial charge is 0.142 e. The molecule has 1 N–H and O–H groups in total. The van der Waals surface area contributed by atoms with Crippen LogP contribution in [0.2, 0.25) is 0 Å². The molecule has 0 atom stereocenters. The molecule has 0 saturated carbocycles. The van der Waals surface area contributed by atoms with E-state index in [2.05, 4.69) is 67.7 Å². The molecular weight excluding hydrogens is 294 g/mol. The predicted molar refractivity (Wildman–Crippen MR) is 103 cm³/mol. The van der Waals surface area contributed by atoms with Gasteiger partial charge in [-0.05, 0) is 40.8 Å². The van der Waals surface area contributed by atoms with E-state index in [0.29, 0.717) is 5.92 Å². The van der Waals surface area contributed by atoms with Crippen LogP contribution in [0.25, 0.3) is 10.8 Å². The summed E-state index contributed by atoms with van der Waals surface area (Å²) >= 11 is 0. The Balaban J connectivity index is 1.66. The summed E-state index contributed by atoms with van der Waals surface area (Å²) < 4.78 is 5.91. The first-order valence-corrected chi connectivity index (χ1v) is 8.66. The van der Waals surface area contributed by atoms with E-state index < -0.39 is 0 Å². The molecule has 0 aliphatic rings. The Hall–Kier alpha value is -2.48. The van der Waals surface area contributed by atoms with Crippen molar-refractivity contribution >= 4 is 16.5 Å². The van der Waals surface area contributed by atoms with Crippen LogP contribution in [-0.2, 0) is 6.42 Å². The molecule has 0 radical (unpaired) electrons. The van der Waals surface area contributed by atoms with Crippen molar-refractivity contribution in [3.8, 4) is 5.75 Å². The predicted octanol–water partition coefficient (Wildman–Crippen LogP) is 5.53. The zero-order chi connectivity index (χ0) is 16.8. The molecule has 3 aromatic rings. The molecule has 0 bridgehead atoms. The Labute approximate surface area is 144 Å². The molecule has 24 heavy (non-hydrogen) atoms. The third-order valence-electron chi connectivity index (χ3n) is 4.05. The Kier molecular flexibility index (Phi) is 5.37. The summed E-state index contributed by atoms with van der Waals surface area (Å²) in [6.45, 7) is 5.95. The second-order valence-electron chi connectivity index (χ2n) is 6.52. The third-order valence-corrected chi connectivity index (χ3v) is 4.05. The van der Waals surface area contributed by atoms with Crippen LogP contribution in [0.5, 0.6) is 5.75 Å². The minimum absolute atomic E-state index is 0.522. The Morgan fingerprint density at radius 2 is 1.62 bits per heavy atom. The van der Waals surface area contributed by atoms with E-state index in [0.717, 1.165) is 31.0 Å². The fourth-order valence-electron chi connectivity index (χ4n) is 2.84. The lowest BCUT2D eigenvalue weighted by Gasteiger charge is -2.15. The van der Waals surface area contributed by atoms with Gasteiger partial charge in [-0.15, -0.1) is 0 Å². The first-order chi connectivity index (χ1) is 11.7. The standard InChI is InChI=1S/C22H25NO/c1-17(2)16-24-22-13-6-5-12-21(22)23-15-14-19-10-7-9-18-8-3-4-11-20(18)19/h3-13,17,23H,14-16H2,1-2H3. The molecule has 124 valence electrons. The van der Waals surface area contributed by atoms with Crippen molar-refractivity contribution in [3.05, 3.63) is 72.3 Å². The molecular formula is C22H25NO. The van der Waals surface area contributed by atoms with Crippen molar-refractivity contribution < 1.29 is 4.74 Å². The van der Waals surface area contributed by atoms with Crippen LogP contribution in [0, 0.1) is 5.92 Å². The van der Waals surface area contributed by atoms with Gasteiger partial charge in [0.1, 0.15) is 5.75 Å². The number of ether oxygens (including phenoxy) is 1. The molecule has 0 spiro atoms. The van der Waals surface area contributed by atoms with Crippen LogP contribution >= 0.6 is 0 Å². The number of hydrogen-bond donors (Lipinski definition) is 1. The third kappa shape index (κ3) is 4.08. The highest BCUT2D eigenvalue weighted by molar-refractivity contribution is 5.85. The SMILES string of the molecule is CC(C)COc1ccccc1NCCc1cccc2ccccc12. The maximum Gasteiger partial charge on any atom is 0.142 e. The van der Waals surface area contributed by atoms with Crippen LogP contribution < -0.4 is 10.1 Å². The number of anilines is 1. The van der Waals surface area contributed by atoms with E-state index in [-0.39, 0.29) is 0 Å². The van der Waals surface area contributed by atoms with E-state index >= 15 is 0 Å². The number of para-hydroxylation sites is 2. The average Bonchev–Trinajstić information content (AvgIpc) is 2.61. The van der Waals surface area contributed by atoms with E-state index in [1.165, 1.54) is 16.3 Å². The lowest BCUT2D eigenvalue weighted by atomic mass is 10.0. The zero-order valence-electron chi connectivity index (χ0n) is 14.5. The van der Waals surface area contributed by atoms with Crippen LogP contribution in [0.4, 0.5) is 5.69 Å². The first-order valence-electron chi connectivity index (χ1n) is 8.66. The quantitative estimate of drug-likeness (QED) is 0.618. The normalized spacial score (nSPS) is 11.0. The van der Waals surface area contributed by atoms with Gasteiger partial charge in [0.2, 0.25) is 0 Å². The highest BCUT2D eigenvalue weighted by Crippen LogP contribution is 2.25. The van der Waals surface area contributed by atoms with Gasteiger partial charge < -0.3 is 10.1 Å². The van der Waals surface area contributed by atoms with Gasteiger partial charge in [0.25, 0.3) is 0 Å². The summed E-state index contributed by atoms with van der Waals surface area (Å²) in [4.78, 5) is 0. The number of fused-ring (bicyclic) bond motifs is 1. The Morgan fingerprint density at radius 3 is 2.50 bits per heavy atom. The average molecular weight is 319 g/mol. The molecule has 0 unspecified atom stereocenters. The minimum Gasteiger partial charge on any atom is -0.491 e. The van der Waals surface area contributed by atoms with Crippen LogP contribution in [0.15, 0.2) is 66.7 Å². The maximum atomic E-state index is 5.91. The zero-order valence-corrected chi connectivity index (χ0v) is 14.5. The van der Waals surface area contributed by atoms with Crippen molar-refractivity contribution in [2.24, 2.45) is 5.92 Å². The topological polar surface area (TPSA) is 21.3 Å². The van der Waals surface area contributed by atoms with E-state index in [9.17, 15) is 0 Å². The van der Waals surface area contributed by atoms with E-state index in [1.54, 1.807) is 0 Å². The second-order valence-corrected chi connectivity index (χ2v) is 6.52. The van der Waals surface area contributed by atoms with Gasteiger partial charge in [-0.25, -0.2) is 0 Å². The van der Waals surface area contributed by atoms with Gasteiger partial charge in [0.05, 0.1) is 12.3 Å². The summed E-state index contributed by atoms with van der Waals surface area (Å²) in [5.74, 6) is 1.46. The number of benzene rings is 3. The van der Waals surface area contributed by atoms with Crippen LogP contribution in [-0.4, -0.2) is 13.2 Å². The van der Waals surface area contributed by atoms with E-state index in [1.807, 2.05) is 18.2 Å². The highest BCUT2D eigenvalue weighted by atomic mass is 16.5. The molecule has 2 heteroatoms. The van der Waals surface area contributed by atoms with Crippen LogP contribution in [0.3, 0.4) is 0 Å². The first kappa shape index (κ1) is 16.4. The molecule has 0 aromatic heterocycles. The fourth-order valence-corrected chi connectivity index (χ4v) is 2.84. The molecule has 0 amide bonds. The van der Waals surface area contributed by atoms with Crippen molar-refractivity contribution in [3.63, 3.8) is 0 Å². The number of hydrogen-bond acceptors (Lipinski definition) is 2. The summed E-state index contributed by atoms with van der Waals surface area (Å²) in [7, 11) is 0. The number of rotatable bonds is 7. The molecule has 3 aromatic carbocycles. The molecule has 0 aliphatic heterocycles. The van der Waals surface area contributed by atoms with E-state index in [4.69, 9.17) is 4.74 Å². The largest absolute Gasteiger partial charge is 0.491 e. The van der Waals surface area contributed by atoms with Gasteiger partial charge in [0, 0.05) is 6.54 Å². The molecule has 0 heterocycles.